The minimum Gasteiger partial charge on any atom is -0.376 e. The van der Waals surface area contributed by atoms with Gasteiger partial charge in [0.05, 0.1) is 28.8 Å². The van der Waals surface area contributed by atoms with Crippen molar-refractivity contribution in [1.29, 1.82) is 0 Å². The number of rotatable bonds is 5. The van der Waals surface area contributed by atoms with Crippen molar-refractivity contribution < 1.29 is 22.7 Å². The van der Waals surface area contributed by atoms with Gasteiger partial charge in [-0.1, -0.05) is 18.2 Å². The summed E-state index contributed by atoms with van der Waals surface area (Å²) in [5, 5.41) is 3.95. The number of carbonyl (C=O) groups excluding carboxylic acids is 1. The molecule has 1 amide bonds. The van der Waals surface area contributed by atoms with E-state index < -0.39 is 11.7 Å². The second kappa shape index (κ2) is 8.25. The third kappa shape index (κ3) is 4.52. The van der Waals surface area contributed by atoms with Crippen LogP contribution in [0.25, 0.3) is 11.3 Å². The Kier molecular flexibility index (Phi) is 5.71. The summed E-state index contributed by atoms with van der Waals surface area (Å²) >= 11 is 2.58. The molecule has 1 unspecified atom stereocenters. The van der Waals surface area contributed by atoms with Crippen LogP contribution in [0.15, 0.2) is 47.2 Å². The maximum absolute atomic E-state index is 13.0. The Morgan fingerprint density at radius 3 is 2.79 bits per heavy atom. The number of thiazole rings is 1. The average Bonchev–Trinajstić information content (AvgIpc) is 3.48. The van der Waals surface area contributed by atoms with Gasteiger partial charge in [-0.15, -0.1) is 22.7 Å². The summed E-state index contributed by atoms with van der Waals surface area (Å²) in [5.74, 6) is -0.180. The fraction of sp³-hybridized carbons (Fsp3) is 0.300. The van der Waals surface area contributed by atoms with E-state index in [1.54, 1.807) is 28.5 Å². The zero-order chi connectivity index (χ0) is 20.4. The van der Waals surface area contributed by atoms with Crippen LogP contribution in [0.5, 0.6) is 0 Å². The van der Waals surface area contributed by atoms with Crippen molar-refractivity contribution in [2.75, 3.05) is 18.1 Å². The molecule has 1 fully saturated rings. The van der Waals surface area contributed by atoms with E-state index in [1.807, 2.05) is 5.38 Å². The van der Waals surface area contributed by atoms with Gasteiger partial charge in [0.2, 0.25) is 0 Å². The number of ether oxygens (including phenoxy) is 1. The minimum absolute atomic E-state index is 0.0696. The number of benzene rings is 1. The molecule has 3 heterocycles. The molecule has 0 spiro atoms. The normalized spacial score (nSPS) is 16.9. The van der Waals surface area contributed by atoms with Crippen LogP contribution in [-0.4, -0.2) is 30.1 Å². The van der Waals surface area contributed by atoms with Crippen molar-refractivity contribution in [3.8, 4) is 11.3 Å². The summed E-state index contributed by atoms with van der Waals surface area (Å²) in [7, 11) is 0. The monoisotopic (exact) mass is 438 g/mol. The van der Waals surface area contributed by atoms with Gasteiger partial charge in [-0.05, 0) is 36.4 Å². The van der Waals surface area contributed by atoms with Gasteiger partial charge in [0, 0.05) is 17.6 Å². The second-order valence-corrected chi connectivity index (χ2v) is 8.41. The van der Waals surface area contributed by atoms with Crippen LogP contribution in [0.2, 0.25) is 0 Å². The van der Waals surface area contributed by atoms with Gasteiger partial charge in [-0.25, -0.2) is 4.98 Å². The highest BCUT2D eigenvalue weighted by atomic mass is 32.1. The molecule has 4 nitrogen and oxygen atoms in total. The summed E-state index contributed by atoms with van der Waals surface area (Å²) in [5.41, 5.74) is 0.0470. The molecule has 1 aliphatic heterocycles. The number of hydrogen-bond acceptors (Lipinski definition) is 5. The number of hydrogen-bond donors (Lipinski definition) is 0. The minimum atomic E-state index is -4.42. The Morgan fingerprint density at radius 1 is 1.24 bits per heavy atom. The highest BCUT2D eigenvalue weighted by Crippen LogP contribution is 2.34. The molecule has 0 saturated carbocycles. The van der Waals surface area contributed by atoms with Gasteiger partial charge in [0.1, 0.15) is 0 Å². The number of thiophene rings is 1. The van der Waals surface area contributed by atoms with Crippen LogP contribution >= 0.6 is 22.7 Å². The molecule has 0 radical (unpaired) electrons. The van der Waals surface area contributed by atoms with Crippen molar-refractivity contribution in [2.24, 2.45) is 0 Å². The Morgan fingerprint density at radius 2 is 2.10 bits per heavy atom. The standard InChI is InChI=1S/C20H17F3N2O2S2/c21-20(22,23)14-5-1-4-13(10-14)16-12-29-19(24-16)25(11-15-6-2-8-27-15)18(26)17-7-3-9-28-17/h1,3-5,7,9-10,12,15H,2,6,8,11H2. The zero-order valence-corrected chi connectivity index (χ0v) is 16.8. The van der Waals surface area contributed by atoms with Crippen molar-refractivity contribution in [3.05, 3.63) is 57.6 Å². The van der Waals surface area contributed by atoms with Crippen LogP contribution in [0.4, 0.5) is 18.3 Å². The van der Waals surface area contributed by atoms with E-state index in [0.717, 1.165) is 25.0 Å². The number of halogens is 3. The van der Waals surface area contributed by atoms with E-state index in [2.05, 4.69) is 4.98 Å². The van der Waals surface area contributed by atoms with Crippen LogP contribution in [0.1, 0.15) is 28.1 Å². The lowest BCUT2D eigenvalue weighted by Crippen LogP contribution is -2.37. The van der Waals surface area contributed by atoms with Crippen molar-refractivity contribution in [3.63, 3.8) is 0 Å². The van der Waals surface area contributed by atoms with E-state index in [1.165, 1.54) is 28.7 Å². The number of alkyl halides is 3. The van der Waals surface area contributed by atoms with Crippen molar-refractivity contribution in [2.45, 2.75) is 25.1 Å². The van der Waals surface area contributed by atoms with E-state index in [-0.39, 0.29) is 12.0 Å². The van der Waals surface area contributed by atoms with Crippen LogP contribution in [-0.2, 0) is 10.9 Å². The summed E-state index contributed by atoms with van der Waals surface area (Å²) in [6, 6.07) is 8.60. The summed E-state index contributed by atoms with van der Waals surface area (Å²) in [6.07, 6.45) is -2.69. The Bertz CT molecular complexity index is 980. The van der Waals surface area contributed by atoms with Gasteiger partial charge < -0.3 is 4.74 Å². The van der Waals surface area contributed by atoms with Gasteiger partial charge in [-0.2, -0.15) is 13.2 Å². The molecular formula is C20H17F3N2O2S2. The number of amides is 1. The molecule has 1 atom stereocenters. The Hall–Kier alpha value is -2.23. The summed E-state index contributed by atoms with van der Waals surface area (Å²) in [4.78, 5) is 19.7. The van der Waals surface area contributed by atoms with Gasteiger partial charge >= 0.3 is 6.18 Å². The lowest BCUT2D eigenvalue weighted by Gasteiger charge is -2.22. The lowest BCUT2D eigenvalue weighted by molar-refractivity contribution is -0.137. The molecule has 1 aromatic carbocycles. The quantitative estimate of drug-likeness (QED) is 0.512. The smallest absolute Gasteiger partial charge is 0.376 e. The van der Waals surface area contributed by atoms with Crippen LogP contribution in [0.3, 0.4) is 0 Å². The zero-order valence-electron chi connectivity index (χ0n) is 15.2. The fourth-order valence-corrected chi connectivity index (χ4v) is 4.66. The maximum atomic E-state index is 13.0. The first-order valence-corrected chi connectivity index (χ1v) is 10.8. The number of carbonyl (C=O) groups is 1. The number of aromatic nitrogens is 1. The fourth-order valence-electron chi connectivity index (χ4n) is 3.15. The topological polar surface area (TPSA) is 42.4 Å². The first-order chi connectivity index (χ1) is 13.9. The molecule has 1 saturated heterocycles. The second-order valence-electron chi connectivity index (χ2n) is 6.62. The molecule has 4 rings (SSSR count). The molecule has 152 valence electrons. The molecule has 0 bridgehead atoms. The predicted molar refractivity (Wildman–Crippen MR) is 108 cm³/mol. The molecule has 0 N–H and O–H groups in total. The highest BCUT2D eigenvalue weighted by Gasteiger charge is 2.31. The maximum Gasteiger partial charge on any atom is 0.416 e. The highest BCUT2D eigenvalue weighted by molar-refractivity contribution is 7.14. The van der Waals surface area contributed by atoms with E-state index >= 15 is 0 Å². The molecule has 2 aromatic heterocycles. The predicted octanol–water partition coefficient (Wildman–Crippen LogP) is 5.72. The van der Waals surface area contributed by atoms with E-state index in [4.69, 9.17) is 4.74 Å². The third-order valence-corrected chi connectivity index (χ3v) is 6.32. The van der Waals surface area contributed by atoms with Crippen LogP contribution < -0.4 is 4.90 Å². The first kappa shape index (κ1) is 20.1. The summed E-state index contributed by atoms with van der Waals surface area (Å²) < 4.78 is 44.7. The molecule has 3 aromatic rings. The van der Waals surface area contributed by atoms with Crippen molar-refractivity contribution in [1.82, 2.24) is 4.98 Å². The first-order valence-electron chi connectivity index (χ1n) is 9.02. The van der Waals surface area contributed by atoms with E-state index in [9.17, 15) is 18.0 Å². The number of nitrogens with zero attached hydrogens (tertiary/aromatic N) is 2. The molecule has 29 heavy (non-hydrogen) atoms. The van der Waals surface area contributed by atoms with Crippen molar-refractivity contribution >= 4 is 33.7 Å². The number of anilines is 1. The molecule has 9 heteroatoms. The largest absolute Gasteiger partial charge is 0.416 e. The Balaban J connectivity index is 1.64. The van der Waals surface area contributed by atoms with Gasteiger partial charge in [-0.3, -0.25) is 9.69 Å². The Labute approximate surface area is 173 Å². The van der Waals surface area contributed by atoms with Gasteiger partial charge in [0.15, 0.2) is 5.13 Å². The molecular weight excluding hydrogens is 421 g/mol. The third-order valence-electron chi connectivity index (χ3n) is 4.60. The molecule has 0 aliphatic carbocycles. The lowest BCUT2D eigenvalue weighted by atomic mass is 10.1. The van der Waals surface area contributed by atoms with E-state index in [0.29, 0.717) is 34.4 Å². The average molecular weight is 438 g/mol. The van der Waals surface area contributed by atoms with Gasteiger partial charge in [0.25, 0.3) is 5.91 Å². The summed E-state index contributed by atoms with van der Waals surface area (Å²) in [6.45, 7) is 1.03. The molecule has 1 aliphatic rings. The van der Waals surface area contributed by atoms with Crippen LogP contribution in [0, 0.1) is 0 Å². The SMILES string of the molecule is O=C(c1cccs1)N(CC1CCCO1)c1nc(-c2cccc(C(F)(F)F)c2)cs1.